The number of fused-ring (bicyclic) bond motifs is 1. The molecule has 2 aliphatic rings. The van der Waals surface area contributed by atoms with Crippen molar-refractivity contribution >= 4 is 11.8 Å². The van der Waals surface area contributed by atoms with E-state index < -0.39 is 0 Å². The van der Waals surface area contributed by atoms with E-state index in [4.69, 9.17) is 4.84 Å². The predicted octanol–water partition coefficient (Wildman–Crippen LogP) is 1.44. The highest BCUT2D eigenvalue weighted by atomic mass is 16.7. The van der Waals surface area contributed by atoms with E-state index in [2.05, 4.69) is 0 Å². The van der Waals surface area contributed by atoms with E-state index in [9.17, 15) is 9.59 Å². The van der Waals surface area contributed by atoms with Crippen molar-refractivity contribution in [3.8, 4) is 0 Å². The van der Waals surface area contributed by atoms with E-state index in [1.54, 1.807) is 5.06 Å². The Morgan fingerprint density at radius 1 is 1.07 bits per heavy atom. The first-order valence-electron chi connectivity index (χ1n) is 5.77. The molecule has 0 N–H and O–H groups in total. The van der Waals surface area contributed by atoms with Crippen LogP contribution in [0, 0.1) is 0 Å². The largest absolute Gasteiger partial charge is 0.367 e. The minimum atomic E-state index is -0.184. The molecule has 1 atom stereocenters. The molecule has 0 saturated carbocycles. The van der Waals surface area contributed by atoms with Gasteiger partial charge in [0.1, 0.15) is 6.04 Å². The Morgan fingerprint density at radius 3 is 2.73 bits per heavy atom. The Morgan fingerprint density at radius 2 is 1.87 bits per heavy atom. The van der Waals surface area contributed by atoms with Gasteiger partial charge in [-0.1, -0.05) is 6.42 Å². The average Bonchev–Trinajstić information content (AvgIpc) is 2.64. The van der Waals surface area contributed by atoms with Gasteiger partial charge in [-0.3, -0.25) is 9.59 Å². The van der Waals surface area contributed by atoms with E-state index in [0.717, 1.165) is 32.1 Å². The predicted molar refractivity (Wildman–Crippen MR) is 53.9 cm³/mol. The van der Waals surface area contributed by atoms with Crippen LogP contribution >= 0.6 is 0 Å². The third-order valence-corrected chi connectivity index (χ3v) is 3.10. The van der Waals surface area contributed by atoms with E-state index in [0.29, 0.717) is 19.4 Å². The fourth-order valence-corrected chi connectivity index (χ4v) is 2.26. The van der Waals surface area contributed by atoms with Crippen molar-refractivity contribution in [1.82, 2.24) is 5.06 Å². The molecule has 2 fully saturated rings. The van der Waals surface area contributed by atoms with Gasteiger partial charge in [-0.05, 0) is 25.7 Å². The molecule has 0 aromatic rings. The molecule has 4 nitrogen and oxygen atoms in total. The lowest BCUT2D eigenvalue weighted by molar-refractivity contribution is -0.195. The van der Waals surface area contributed by atoms with Gasteiger partial charge >= 0.3 is 5.97 Å². The summed E-state index contributed by atoms with van der Waals surface area (Å²) >= 11 is 0. The maximum Gasteiger partial charge on any atom is 0.325 e. The molecule has 0 bridgehead atoms. The number of ketones is 1. The number of nitrogens with zero attached hydrogens (tertiary/aromatic N) is 1. The van der Waals surface area contributed by atoms with Crippen molar-refractivity contribution in [2.45, 2.75) is 51.0 Å². The van der Waals surface area contributed by atoms with E-state index in [1.807, 2.05) is 0 Å². The maximum atomic E-state index is 11.8. The molecule has 0 spiro atoms. The molecule has 1 unspecified atom stereocenters. The fourth-order valence-electron chi connectivity index (χ4n) is 2.26. The Bertz CT molecular complexity index is 265. The second-order valence-electron chi connectivity index (χ2n) is 4.29. The first-order chi connectivity index (χ1) is 7.27. The topological polar surface area (TPSA) is 46.6 Å². The number of carbonyl (C=O) groups is 2. The van der Waals surface area contributed by atoms with Crippen molar-refractivity contribution in [2.75, 3.05) is 6.54 Å². The van der Waals surface area contributed by atoms with Gasteiger partial charge in [-0.25, -0.2) is 0 Å². The molecule has 2 saturated heterocycles. The third-order valence-electron chi connectivity index (χ3n) is 3.10. The molecule has 0 aromatic heterocycles. The van der Waals surface area contributed by atoms with Crippen LogP contribution < -0.4 is 0 Å². The minimum absolute atomic E-state index is 0.160. The van der Waals surface area contributed by atoms with Gasteiger partial charge in [0.2, 0.25) is 0 Å². The molecule has 0 aliphatic carbocycles. The fraction of sp³-hybridized carbons (Fsp3) is 0.818. The molecule has 0 aromatic carbocycles. The number of Topliss-reactive ketones (excluding diaryl/α,β-unsaturated/α-hetero) is 1. The summed E-state index contributed by atoms with van der Waals surface area (Å²) in [6, 6.07) is -0.160. The van der Waals surface area contributed by atoms with Crippen LogP contribution in [0.2, 0.25) is 0 Å². The van der Waals surface area contributed by atoms with Gasteiger partial charge in [0.05, 0.1) is 0 Å². The molecule has 0 radical (unpaired) electrons. The summed E-state index contributed by atoms with van der Waals surface area (Å²) in [5.74, 6) is 0.0544. The summed E-state index contributed by atoms with van der Waals surface area (Å²) in [5, 5.41) is 1.59. The molecule has 2 heterocycles. The van der Waals surface area contributed by atoms with Crippen molar-refractivity contribution in [3.05, 3.63) is 0 Å². The highest BCUT2D eigenvalue weighted by molar-refractivity contribution is 5.84. The number of carbonyl (C=O) groups excluding carboxylic acids is 2. The van der Waals surface area contributed by atoms with Crippen LogP contribution in [0.3, 0.4) is 0 Å². The van der Waals surface area contributed by atoms with Gasteiger partial charge < -0.3 is 4.84 Å². The molecule has 0 amide bonds. The standard InChI is InChI=1S/C11H17NO3/c13-10-6-2-1-3-7-11(14)15-12-8-4-5-9(10)12/h9H,1-8H2. The summed E-state index contributed by atoms with van der Waals surface area (Å²) in [6.45, 7) is 0.710. The summed E-state index contributed by atoms with van der Waals surface area (Å²) < 4.78 is 0. The van der Waals surface area contributed by atoms with Crippen LogP contribution in [-0.4, -0.2) is 29.4 Å². The zero-order valence-electron chi connectivity index (χ0n) is 8.91. The maximum absolute atomic E-state index is 11.8. The Balaban J connectivity index is 2.03. The zero-order chi connectivity index (χ0) is 10.7. The minimum Gasteiger partial charge on any atom is -0.367 e. The van der Waals surface area contributed by atoms with E-state index in [1.165, 1.54) is 0 Å². The number of hydrogen-bond acceptors (Lipinski definition) is 4. The van der Waals surface area contributed by atoms with Gasteiger partial charge in [0.15, 0.2) is 5.78 Å². The van der Waals surface area contributed by atoms with E-state index in [-0.39, 0.29) is 17.8 Å². The summed E-state index contributed by atoms with van der Waals surface area (Å²) in [7, 11) is 0. The molecule has 84 valence electrons. The van der Waals surface area contributed by atoms with Gasteiger partial charge in [0, 0.05) is 19.4 Å². The molecule has 2 rings (SSSR count). The third kappa shape index (κ3) is 2.56. The number of hydrogen-bond donors (Lipinski definition) is 0. The summed E-state index contributed by atoms with van der Waals surface area (Å²) in [4.78, 5) is 28.4. The van der Waals surface area contributed by atoms with Crippen LogP contribution in [-0.2, 0) is 14.4 Å². The second kappa shape index (κ2) is 4.75. The van der Waals surface area contributed by atoms with Crippen LogP contribution in [0.15, 0.2) is 0 Å². The molecular formula is C11H17NO3. The first-order valence-corrected chi connectivity index (χ1v) is 5.77. The molecular weight excluding hydrogens is 194 g/mol. The monoisotopic (exact) mass is 211 g/mol. The SMILES string of the molecule is O=C1CCCCCC(=O)C2CCCN2O1. The number of rotatable bonds is 0. The van der Waals surface area contributed by atoms with Crippen LogP contribution in [0.1, 0.15) is 44.9 Å². The lowest BCUT2D eigenvalue weighted by atomic mass is 10.0. The Kier molecular flexibility index (Phi) is 3.36. The number of hydroxylamine groups is 2. The molecule has 4 heteroatoms. The lowest BCUT2D eigenvalue weighted by Gasteiger charge is -2.23. The average molecular weight is 211 g/mol. The van der Waals surface area contributed by atoms with Gasteiger partial charge in [-0.2, -0.15) is 0 Å². The van der Waals surface area contributed by atoms with Crippen LogP contribution in [0.4, 0.5) is 0 Å². The van der Waals surface area contributed by atoms with Gasteiger partial charge in [0.25, 0.3) is 0 Å². The normalized spacial score (nSPS) is 29.7. The second-order valence-corrected chi connectivity index (χ2v) is 4.29. The quantitative estimate of drug-likeness (QED) is 0.608. The summed E-state index contributed by atoms with van der Waals surface area (Å²) in [5.41, 5.74) is 0. The van der Waals surface area contributed by atoms with Crippen LogP contribution in [0.25, 0.3) is 0 Å². The molecule has 2 aliphatic heterocycles. The molecule has 15 heavy (non-hydrogen) atoms. The van der Waals surface area contributed by atoms with Crippen molar-refractivity contribution in [2.24, 2.45) is 0 Å². The van der Waals surface area contributed by atoms with Crippen molar-refractivity contribution < 1.29 is 14.4 Å². The Hall–Kier alpha value is -0.900. The lowest BCUT2D eigenvalue weighted by Crippen LogP contribution is -2.38. The smallest absolute Gasteiger partial charge is 0.325 e. The van der Waals surface area contributed by atoms with Crippen molar-refractivity contribution in [1.29, 1.82) is 0 Å². The van der Waals surface area contributed by atoms with E-state index >= 15 is 0 Å². The Labute approximate surface area is 89.5 Å². The highest BCUT2D eigenvalue weighted by Gasteiger charge is 2.33. The van der Waals surface area contributed by atoms with Gasteiger partial charge in [-0.15, -0.1) is 5.06 Å². The first kappa shape index (κ1) is 10.6. The zero-order valence-corrected chi connectivity index (χ0v) is 8.91. The summed E-state index contributed by atoms with van der Waals surface area (Å²) in [6.07, 6.45) is 5.61. The van der Waals surface area contributed by atoms with Crippen molar-refractivity contribution in [3.63, 3.8) is 0 Å². The highest BCUT2D eigenvalue weighted by Crippen LogP contribution is 2.22. The van der Waals surface area contributed by atoms with Crippen LogP contribution in [0.5, 0.6) is 0 Å².